The third-order valence-corrected chi connectivity index (χ3v) is 3.58. The van der Waals surface area contributed by atoms with E-state index in [9.17, 15) is 9.59 Å². The second-order valence-corrected chi connectivity index (χ2v) is 5.26. The van der Waals surface area contributed by atoms with Gasteiger partial charge in [-0.05, 0) is 36.4 Å². The fourth-order valence-corrected chi connectivity index (χ4v) is 2.42. The number of amides is 2. The SMILES string of the molecule is COc1ccc(NC(=O)c2ccc3c(c2)OCC(=O)N3)cc1Cl. The lowest BCUT2D eigenvalue weighted by Crippen LogP contribution is -2.25. The summed E-state index contributed by atoms with van der Waals surface area (Å²) in [7, 11) is 1.52. The van der Waals surface area contributed by atoms with Crippen molar-refractivity contribution >= 4 is 34.8 Å². The van der Waals surface area contributed by atoms with Gasteiger partial charge in [0.15, 0.2) is 6.61 Å². The molecule has 2 aromatic rings. The Morgan fingerprint density at radius 1 is 1.30 bits per heavy atom. The van der Waals surface area contributed by atoms with E-state index >= 15 is 0 Å². The van der Waals surface area contributed by atoms with Crippen LogP contribution >= 0.6 is 11.6 Å². The topological polar surface area (TPSA) is 76.7 Å². The number of halogens is 1. The number of anilines is 2. The average molecular weight is 333 g/mol. The normalized spacial score (nSPS) is 12.7. The number of carbonyl (C=O) groups is 2. The number of benzene rings is 2. The van der Waals surface area contributed by atoms with E-state index in [0.29, 0.717) is 33.5 Å². The Morgan fingerprint density at radius 3 is 2.87 bits per heavy atom. The first-order valence-corrected chi connectivity index (χ1v) is 7.16. The highest BCUT2D eigenvalue weighted by Gasteiger charge is 2.18. The van der Waals surface area contributed by atoms with Crippen LogP contribution in [-0.4, -0.2) is 25.5 Å². The standard InChI is InChI=1S/C16H13ClN2O4/c1-22-13-5-3-10(7-11(13)17)18-16(21)9-2-4-12-14(6-9)23-8-15(20)19-12/h2-7H,8H2,1H3,(H,18,21)(H,19,20). The minimum Gasteiger partial charge on any atom is -0.495 e. The van der Waals surface area contributed by atoms with Crippen molar-refractivity contribution in [3.63, 3.8) is 0 Å². The lowest BCUT2D eigenvalue weighted by molar-refractivity contribution is -0.118. The van der Waals surface area contributed by atoms with Gasteiger partial charge in [0.1, 0.15) is 11.5 Å². The Morgan fingerprint density at radius 2 is 2.13 bits per heavy atom. The van der Waals surface area contributed by atoms with Gasteiger partial charge in [0.2, 0.25) is 0 Å². The highest BCUT2D eigenvalue weighted by molar-refractivity contribution is 6.32. The molecular weight excluding hydrogens is 320 g/mol. The summed E-state index contributed by atoms with van der Waals surface area (Å²) in [5.41, 5.74) is 1.50. The molecule has 7 heteroatoms. The summed E-state index contributed by atoms with van der Waals surface area (Å²) in [6.45, 7) is -0.0633. The molecule has 1 heterocycles. The van der Waals surface area contributed by atoms with Gasteiger partial charge in [-0.2, -0.15) is 0 Å². The molecule has 1 aliphatic heterocycles. The Labute approximate surface area is 137 Å². The molecule has 0 aliphatic carbocycles. The quantitative estimate of drug-likeness (QED) is 0.906. The first-order valence-electron chi connectivity index (χ1n) is 6.78. The maximum absolute atomic E-state index is 12.3. The Hall–Kier alpha value is -2.73. The van der Waals surface area contributed by atoms with Crippen LogP contribution in [0.25, 0.3) is 0 Å². The summed E-state index contributed by atoms with van der Waals surface area (Å²) in [4.78, 5) is 23.5. The number of ether oxygens (including phenoxy) is 2. The van der Waals surface area contributed by atoms with Gasteiger partial charge in [-0.1, -0.05) is 11.6 Å². The fourth-order valence-electron chi connectivity index (χ4n) is 2.16. The molecule has 23 heavy (non-hydrogen) atoms. The van der Waals surface area contributed by atoms with Gasteiger partial charge in [-0.25, -0.2) is 0 Å². The molecule has 0 spiro atoms. The van der Waals surface area contributed by atoms with Crippen molar-refractivity contribution in [2.75, 3.05) is 24.4 Å². The van der Waals surface area contributed by atoms with E-state index in [1.807, 2.05) is 0 Å². The molecule has 2 aromatic carbocycles. The van der Waals surface area contributed by atoms with E-state index in [4.69, 9.17) is 21.1 Å². The van der Waals surface area contributed by atoms with Crippen LogP contribution in [-0.2, 0) is 4.79 Å². The number of hydrogen-bond acceptors (Lipinski definition) is 4. The van der Waals surface area contributed by atoms with Crippen molar-refractivity contribution in [2.24, 2.45) is 0 Å². The predicted octanol–water partition coefficient (Wildman–Crippen LogP) is 2.93. The van der Waals surface area contributed by atoms with Crippen LogP contribution in [0.4, 0.5) is 11.4 Å². The zero-order chi connectivity index (χ0) is 16.4. The number of fused-ring (bicyclic) bond motifs is 1. The summed E-state index contributed by atoms with van der Waals surface area (Å²) in [5.74, 6) is 0.463. The second-order valence-electron chi connectivity index (χ2n) is 4.85. The maximum atomic E-state index is 12.3. The van der Waals surface area contributed by atoms with Crippen molar-refractivity contribution < 1.29 is 19.1 Å². The van der Waals surface area contributed by atoms with Gasteiger partial charge in [-0.3, -0.25) is 9.59 Å². The first kappa shape index (κ1) is 15.2. The van der Waals surface area contributed by atoms with Crippen molar-refractivity contribution in [1.82, 2.24) is 0 Å². The molecular formula is C16H13ClN2O4. The third kappa shape index (κ3) is 3.22. The van der Waals surface area contributed by atoms with Crippen LogP contribution in [0.15, 0.2) is 36.4 Å². The predicted molar refractivity (Wildman–Crippen MR) is 86.5 cm³/mol. The minimum absolute atomic E-state index is 0.0633. The number of rotatable bonds is 3. The van der Waals surface area contributed by atoms with Gasteiger partial charge in [0, 0.05) is 11.3 Å². The number of methoxy groups -OCH3 is 1. The molecule has 0 fully saturated rings. The molecule has 118 valence electrons. The molecule has 1 aliphatic rings. The summed E-state index contributed by atoms with van der Waals surface area (Å²) in [6.07, 6.45) is 0. The fraction of sp³-hybridized carbons (Fsp3) is 0.125. The van der Waals surface area contributed by atoms with E-state index in [-0.39, 0.29) is 18.4 Å². The van der Waals surface area contributed by atoms with Crippen LogP contribution in [0.1, 0.15) is 10.4 Å². The zero-order valence-corrected chi connectivity index (χ0v) is 12.9. The number of hydrogen-bond donors (Lipinski definition) is 2. The van der Waals surface area contributed by atoms with E-state index < -0.39 is 0 Å². The summed E-state index contributed by atoms with van der Waals surface area (Å²) < 4.78 is 10.4. The van der Waals surface area contributed by atoms with E-state index in [1.54, 1.807) is 36.4 Å². The Balaban J connectivity index is 1.78. The molecule has 2 amide bonds. The van der Waals surface area contributed by atoms with E-state index in [0.717, 1.165) is 0 Å². The molecule has 2 N–H and O–H groups in total. The summed E-state index contributed by atoms with van der Waals surface area (Å²) in [5, 5.41) is 5.82. The zero-order valence-electron chi connectivity index (χ0n) is 12.2. The monoisotopic (exact) mass is 332 g/mol. The van der Waals surface area contributed by atoms with Gasteiger partial charge < -0.3 is 20.1 Å². The van der Waals surface area contributed by atoms with Crippen LogP contribution in [0.3, 0.4) is 0 Å². The van der Waals surface area contributed by atoms with Crippen LogP contribution < -0.4 is 20.1 Å². The number of nitrogens with one attached hydrogen (secondary N) is 2. The molecule has 0 radical (unpaired) electrons. The third-order valence-electron chi connectivity index (χ3n) is 3.29. The first-order chi connectivity index (χ1) is 11.1. The van der Waals surface area contributed by atoms with Gasteiger partial charge in [0.05, 0.1) is 17.8 Å². The summed E-state index contributed by atoms with van der Waals surface area (Å²) in [6, 6.07) is 9.78. The minimum atomic E-state index is -0.311. The number of carbonyl (C=O) groups excluding carboxylic acids is 2. The molecule has 3 rings (SSSR count). The molecule has 0 unspecified atom stereocenters. The Bertz CT molecular complexity index is 792. The highest BCUT2D eigenvalue weighted by atomic mass is 35.5. The molecule has 0 bridgehead atoms. The smallest absolute Gasteiger partial charge is 0.262 e. The summed E-state index contributed by atoms with van der Waals surface area (Å²) >= 11 is 6.03. The van der Waals surface area contributed by atoms with Crippen molar-refractivity contribution in [3.05, 3.63) is 47.0 Å². The Kier molecular flexibility index (Phi) is 4.08. The van der Waals surface area contributed by atoms with Gasteiger partial charge >= 0.3 is 0 Å². The van der Waals surface area contributed by atoms with Crippen molar-refractivity contribution in [2.45, 2.75) is 0 Å². The maximum Gasteiger partial charge on any atom is 0.262 e. The van der Waals surface area contributed by atoms with Crippen LogP contribution in [0, 0.1) is 0 Å². The lowest BCUT2D eigenvalue weighted by Gasteiger charge is -2.18. The largest absolute Gasteiger partial charge is 0.495 e. The lowest BCUT2D eigenvalue weighted by atomic mass is 10.1. The highest BCUT2D eigenvalue weighted by Crippen LogP contribution is 2.30. The molecule has 0 atom stereocenters. The van der Waals surface area contributed by atoms with Gasteiger partial charge in [-0.15, -0.1) is 0 Å². The molecule has 0 aromatic heterocycles. The molecule has 6 nitrogen and oxygen atoms in total. The van der Waals surface area contributed by atoms with E-state index in [2.05, 4.69) is 10.6 Å². The molecule has 0 saturated heterocycles. The average Bonchev–Trinajstić information content (AvgIpc) is 2.54. The van der Waals surface area contributed by atoms with Crippen molar-refractivity contribution in [1.29, 1.82) is 0 Å². The van der Waals surface area contributed by atoms with Gasteiger partial charge in [0.25, 0.3) is 11.8 Å². The second kappa shape index (κ2) is 6.18. The van der Waals surface area contributed by atoms with Crippen LogP contribution in [0.5, 0.6) is 11.5 Å². The van der Waals surface area contributed by atoms with Crippen molar-refractivity contribution in [3.8, 4) is 11.5 Å². The van der Waals surface area contributed by atoms with Crippen LogP contribution in [0.2, 0.25) is 5.02 Å². The molecule has 0 saturated carbocycles. The van der Waals surface area contributed by atoms with E-state index in [1.165, 1.54) is 7.11 Å².